The molecule has 2 aromatic heterocycles. The van der Waals surface area contributed by atoms with Gasteiger partial charge in [-0.1, -0.05) is 13.8 Å². The van der Waals surface area contributed by atoms with Gasteiger partial charge in [-0.2, -0.15) is 0 Å². The fraction of sp³-hybridized carbons (Fsp3) is 0.538. The third kappa shape index (κ3) is 3.40. The van der Waals surface area contributed by atoms with Crippen molar-refractivity contribution >= 4 is 11.3 Å². The largest absolute Gasteiger partial charge is 0.420 e. The standard InChI is InChI=1S/C13H19N3OS/c1-3-8-14-9-7-12-15-16-13(17-12)11-6-5-10(4-2)18-11/h5-6,14H,3-4,7-9H2,1-2H3. The van der Waals surface area contributed by atoms with Crippen LogP contribution in [0, 0.1) is 0 Å². The summed E-state index contributed by atoms with van der Waals surface area (Å²) in [6.45, 7) is 6.22. The Hall–Kier alpha value is -1.20. The van der Waals surface area contributed by atoms with Gasteiger partial charge >= 0.3 is 0 Å². The summed E-state index contributed by atoms with van der Waals surface area (Å²) >= 11 is 1.72. The average Bonchev–Trinajstić information content (AvgIpc) is 3.03. The van der Waals surface area contributed by atoms with Crippen LogP contribution in [0.3, 0.4) is 0 Å². The molecule has 0 aliphatic rings. The Morgan fingerprint density at radius 2 is 2.11 bits per heavy atom. The van der Waals surface area contributed by atoms with E-state index in [0.717, 1.165) is 37.2 Å². The van der Waals surface area contributed by atoms with E-state index >= 15 is 0 Å². The van der Waals surface area contributed by atoms with Crippen molar-refractivity contribution in [1.29, 1.82) is 0 Å². The maximum Gasteiger partial charge on any atom is 0.257 e. The number of rotatable bonds is 7. The summed E-state index contributed by atoms with van der Waals surface area (Å²) in [7, 11) is 0. The van der Waals surface area contributed by atoms with Gasteiger partial charge < -0.3 is 9.73 Å². The van der Waals surface area contributed by atoms with Crippen molar-refractivity contribution in [2.24, 2.45) is 0 Å². The zero-order valence-corrected chi connectivity index (χ0v) is 11.7. The first-order chi connectivity index (χ1) is 8.83. The summed E-state index contributed by atoms with van der Waals surface area (Å²) in [6.07, 6.45) is 2.98. The SMILES string of the molecule is CCCNCCc1nnc(-c2ccc(CC)s2)o1. The Kier molecular flexibility index (Phi) is 4.90. The first-order valence-electron chi connectivity index (χ1n) is 6.45. The minimum Gasteiger partial charge on any atom is -0.420 e. The molecule has 0 saturated heterocycles. The third-order valence-corrected chi connectivity index (χ3v) is 3.85. The maximum absolute atomic E-state index is 5.66. The van der Waals surface area contributed by atoms with Gasteiger partial charge in [0.05, 0.1) is 4.88 Å². The Bertz CT molecular complexity index is 478. The van der Waals surface area contributed by atoms with Crippen LogP contribution in [-0.4, -0.2) is 23.3 Å². The van der Waals surface area contributed by atoms with Crippen molar-refractivity contribution in [1.82, 2.24) is 15.5 Å². The van der Waals surface area contributed by atoms with Gasteiger partial charge in [0.1, 0.15) is 0 Å². The molecule has 0 aliphatic heterocycles. The molecule has 5 heteroatoms. The van der Waals surface area contributed by atoms with Gasteiger partial charge in [-0.15, -0.1) is 21.5 Å². The fourth-order valence-corrected chi connectivity index (χ4v) is 2.50. The van der Waals surface area contributed by atoms with Crippen LogP contribution < -0.4 is 5.32 Å². The summed E-state index contributed by atoms with van der Waals surface area (Å²) in [5.74, 6) is 1.35. The van der Waals surface area contributed by atoms with Crippen molar-refractivity contribution < 1.29 is 4.42 Å². The fourth-order valence-electron chi connectivity index (χ4n) is 1.63. The van der Waals surface area contributed by atoms with E-state index in [2.05, 4.69) is 41.5 Å². The second kappa shape index (κ2) is 6.66. The summed E-state index contributed by atoms with van der Waals surface area (Å²) in [4.78, 5) is 2.40. The van der Waals surface area contributed by atoms with Crippen LogP contribution in [0.2, 0.25) is 0 Å². The molecule has 0 bridgehead atoms. The maximum atomic E-state index is 5.66. The van der Waals surface area contributed by atoms with E-state index in [4.69, 9.17) is 4.42 Å². The lowest BCUT2D eigenvalue weighted by atomic mass is 10.4. The Balaban J connectivity index is 1.93. The molecular weight excluding hydrogens is 246 g/mol. The number of thiophene rings is 1. The lowest BCUT2D eigenvalue weighted by molar-refractivity contribution is 0.495. The second-order valence-corrected chi connectivity index (χ2v) is 5.29. The molecule has 4 nitrogen and oxygen atoms in total. The normalized spacial score (nSPS) is 11.0. The van der Waals surface area contributed by atoms with Crippen LogP contribution >= 0.6 is 11.3 Å². The zero-order chi connectivity index (χ0) is 12.8. The van der Waals surface area contributed by atoms with E-state index in [0.29, 0.717) is 11.8 Å². The van der Waals surface area contributed by atoms with E-state index < -0.39 is 0 Å². The summed E-state index contributed by atoms with van der Waals surface area (Å²) < 4.78 is 5.66. The van der Waals surface area contributed by atoms with Gasteiger partial charge in [0.25, 0.3) is 5.89 Å². The lowest BCUT2D eigenvalue weighted by Crippen LogP contribution is -2.17. The molecule has 0 radical (unpaired) electrons. The van der Waals surface area contributed by atoms with Crippen molar-refractivity contribution in [3.05, 3.63) is 22.9 Å². The van der Waals surface area contributed by atoms with Crippen molar-refractivity contribution in [2.45, 2.75) is 33.1 Å². The van der Waals surface area contributed by atoms with E-state index in [1.807, 2.05) is 0 Å². The average molecular weight is 265 g/mol. The topological polar surface area (TPSA) is 51.0 Å². The molecule has 2 heterocycles. The van der Waals surface area contributed by atoms with Crippen LogP contribution in [0.25, 0.3) is 10.8 Å². The third-order valence-electron chi connectivity index (χ3n) is 2.63. The van der Waals surface area contributed by atoms with Gasteiger partial charge in [-0.25, -0.2) is 0 Å². The molecule has 18 heavy (non-hydrogen) atoms. The highest BCUT2D eigenvalue weighted by Gasteiger charge is 2.10. The van der Waals surface area contributed by atoms with Gasteiger partial charge in [0.2, 0.25) is 5.89 Å². The van der Waals surface area contributed by atoms with Crippen LogP contribution in [0.4, 0.5) is 0 Å². The molecule has 0 aliphatic carbocycles. The monoisotopic (exact) mass is 265 g/mol. The molecule has 0 unspecified atom stereocenters. The highest BCUT2D eigenvalue weighted by atomic mass is 32.1. The van der Waals surface area contributed by atoms with Crippen molar-refractivity contribution in [3.63, 3.8) is 0 Å². The number of nitrogens with zero attached hydrogens (tertiary/aromatic N) is 2. The van der Waals surface area contributed by atoms with Crippen molar-refractivity contribution in [2.75, 3.05) is 13.1 Å². The van der Waals surface area contributed by atoms with E-state index in [1.165, 1.54) is 4.88 Å². The number of aryl methyl sites for hydroxylation is 1. The quantitative estimate of drug-likeness (QED) is 0.782. The number of aromatic nitrogens is 2. The molecule has 0 fully saturated rings. The van der Waals surface area contributed by atoms with E-state index in [-0.39, 0.29) is 0 Å². The molecule has 0 saturated carbocycles. The molecule has 0 aromatic carbocycles. The summed E-state index contributed by atoms with van der Waals surface area (Å²) in [6, 6.07) is 4.17. The predicted molar refractivity (Wildman–Crippen MR) is 73.9 cm³/mol. The van der Waals surface area contributed by atoms with E-state index in [9.17, 15) is 0 Å². The van der Waals surface area contributed by atoms with Crippen LogP contribution in [0.1, 0.15) is 31.0 Å². The predicted octanol–water partition coefficient (Wildman–Crippen LogP) is 2.90. The minimum atomic E-state index is 0.644. The van der Waals surface area contributed by atoms with Crippen LogP contribution in [0.5, 0.6) is 0 Å². The zero-order valence-electron chi connectivity index (χ0n) is 10.9. The van der Waals surface area contributed by atoms with Gasteiger partial charge in [0, 0.05) is 17.8 Å². The van der Waals surface area contributed by atoms with Gasteiger partial charge in [0.15, 0.2) is 0 Å². The number of hydrogen-bond donors (Lipinski definition) is 1. The molecule has 1 N–H and O–H groups in total. The van der Waals surface area contributed by atoms with E-state index in [1.54, 1.807) is 11.3 Å². The molecule has 98 valence electrons. The molecular formula is C13H19N3OS. The Morgan fingerprint density at radius 1 is 1.22 bits per heavy atom. The highest BCUT2D eigenvalue weighted by molar-refractivity contribution is 7.15. The summed E-state index contributed by atoms with van der Waals surface area (Å²) in [5.41, 5.74) is 0. The summed E-state index contributed by atoms with van der Waals surface area (Å²) in [5, 5.41) is 11.5. The first kappa shape index (κ1) is 13.2. The number of hydrogen-bond acceptors (Lipinski definition) is 5. The van der Waals surface area contributed by atoms with Crippen molar-refractivity contribution in [3.8, 4) is 10.8 Å². The van der Waals surface area contributed by atoms with Gasteiger partial charge in [-0.3, -0.25) is 0 Å². The molecule has 0 atom stereocenters. The van der Waals surface area contributed by atoms with Crippen LogP contribution in [-0.2, 0) is 12.8 Å². The molecule has 2 rings (SSSR count). The Labute approximate surface area is 111 Å². The minimum absolute atomic E-state index is 0.644. The van der Waals surface area contributed by atoms with Gasteiger partial charge in [-0.05, 0) is 31.5 Å². The van der Waals surface area contributed by atoms with Crippen LogP contribution in [0.15, 0.2) is 16.5 Å². The number of nitrogens with one attached hydrogen (secondary N) is 1. The second-order valence-electron chi connectivity index (χ2n) is 4.12. The molecule has 2 aromatic rings. The smallest absolute Gasteiger partial charge is 0.257 e. The molecule has 0 spiro atoms. The Morgan fingerprint density at radius 3 is 2.83 bits per heavy atom. The first-order valence-corrected chi connectivity index (χ1v) is 7.27. The lowest BCUT2D eigenvalue weighted by Gasteiger charge is -1.98. The molecule has 0 amide bonds. The highest BCUT2D eigenvalue weighted by Crippen LogP contribution is 2.27.